The summed E-state index contributed by atoms with van der Waals surface area (Å²) in [6, 6.07) is 0. The van der Waals surface area contributed by atoms with Crippen LogP contribution in [0.1, 0.15) is 0 Å². The van der Waals surface area contributed by atoms with Crippen molar-refractivity contribution in [2.24, 2.45) is 0 Å². The second kappa shape index (κ2) is 10.1. The molecule has 0 aromatic rings. The number of nitrogens with zero attached hydrogens (tertiary/aromatic N) is 2. The molecule has 1 rings (SSSR count). The first kappa shape index (κ1) is 20.2. The minimum absolute atomic E-state index is 0.190. The highest BCUT2D eigenvalue weighted by Gasteiger charge is 2.30. The Labute approximate surface area is 136 Å². The Hall–Kier alpha value is -0.810. The lowest BCUT2D eigenvalue weighted by Crippen LogP contribution is -2.52. The lowest BCUT2D eigenvalue weighted by atomic mass is 10.0. The molecule has 1 aliphatic heterocycles. The summed E-state index contributed by atoms with van der Waals surface area (Å²) in [6.45, 7) is 6.97. The molecule has 1 fully saturated rings. The Kier molecular flexibility index (Phi) is 8.92. The molecule has 1 aliphatic rings. The lowest BCUT2D eigenvalue weighted by Gasteiger charge is -2.33. The molecule has 0 spiro atoms. The summed E-state index contributed by atoms with van der Waals surface area (Å²) in [5.74, 6) is -0.295. The highest BCUT2D eigenvalue weighted by Crippen LogP contribution is 2.05. The van der Waals surface area contributed by atoms with E-state index < -0.39 is 31.0 Å². The zero-order valence-electron chi connectivity index (χ0n) is 13.2. The molecular formula is C14H28N3O6. The molecule has 0 aromatic carbocycles. The van der Waals surface area contributed by atoms with Crippen LogP contribution < -0.4 is 5.32 Å². The van der Waals surface area contributed by atoms with Crippen LogP contribution >= 0.6 is 0 Å². The molecule has 6 N–H and O–H groups in total. The molecule has 9 nitrogen and oxygen atoms in total. The minimum atomic E-state index is -1.69. The molecule has 0 bridgehead atoms. The maximum Gasteiger partial charge on any atom is 0.234 e. The maximum absolute atomic E-state index is 11.8. The average Bonchev–Trinajstić information content (AvgIpc) is 2.58. The summed E-state index contributed by atoms with van der Waals surface area (Å²) in [7, 11) is 0. The summed E-state index contributed by atoms with van der Waals surface area (Å²) < 4.78 is 0. The van der Waals surface area contributed by atoms with E-state index in [1.165, 1.54) is 0 Å². The van der Waals surface area contributed by atoms with E-state index in [0.717, 1.165) is 32.7 Å². The van der Waals surface area contributed by atoms with E-state index in [0.29, 0.717) is 0 Å². The van der Waals surface area contributed by atoms with Gasteiger partial charge in [0.05, 0.1) is 19.3 Å². The standard InChI is InChI=1S/C14H28N3O6/c1-2-16-3-5-17(6-4-16)8-12(21)15-7-10(19)13(22)14(23)11(20)9-18/h10-11,13-14,18-20,22-23H,1-9H2,(H,15,21)/t10-,11+,13+,14+/m0/s1. The Morgan fingerprint density at radius 2 is 1.52 bits per heavy atom. The van der Waals surface area contributed by atoms with Gasteiger partial charge in [-0.2, -0.15) is 0 Å². The van der Waals surface area contributed by atoms with Crippen molar-refractivity contribution in [2.45, 2.75) is 24.4 Å². The van der Waals surface area contributed by atoms with Gasteiger partial charge in [-0.05, 0) is 13.5 Å². The average molecular weight is 334 g/mol. The van der Waals surface area contributed by atoms with Gasteiger partial charge in [0, 0.05) is 32.7 Å². The summed E-state index contributed by atoms with van der Waals surface area (Å²) in [5.41, 5.74) is 0. The van der Waals surface area contributed by atoms with E-state index in [4.69, 9.17) is 5.11 Å². The molecule has 1 amide bonds. The number of aliphatic hydroxyl groups is 5. The van der Waals surface area contributed by atoms with Gasteiger partial charge in [0.2, 0.25) is 5.91 Å². The number of aliphatic hydroxyl groups excluding tert-OH is 5. The van der Waals surface area contributed by atoms with Gasteiger partial charge in [-0.25, -0.2) is 0 Å². The fourth-order valence-electron chi connectivity index (χ4n) is 2.33. The first-order chi connectivity index (χ1) is 10.9. The van der Waals surface area contributed by atoms with Crippen molar-refractivity contribution < 1.29 is 30.3 Å². The van der Waals surface area contributed by atoms with Crippen molar-refractivity contribution in [3.05, 3.63) is 6.92 Å². The van der Waals surface area contributed by atoms with Crippen LogP contribution in [-0.2, 0) is 4.79 Å². The van der Waals surface area contributed by atoms with Gasteiger partial charge in [-0.1, -0.05) is 0 Å². The monoisotopic (exact) mass is 334 g/mol. The van der Waals surface area contributed by atoms with Crippen molar-refractivity contribution in [1.82, 2.24) is 15.1 Å². The highest BCUT2D eigenvalue weighted by molar-refractivity contribution is 5.78. The molecule has 1 heterocycles. The quantitative estimate of drug-likeness (QED) is 0.251. The topological polar surface area (TPSA) is 137 Å². The van der Waals surface area contributed by atoms with Crippen LogP contribution in [0.25, 0.3) is 0 Å². The van der Waals surface area contributed by atoms with Gasteiger partial charge in [-0.15, -0.1) is 0 Å². The number of amides is 1. The largest absolute Gasteiger partial charge is 0.394 e. The normalized spacial score (nSPS) is 22.3. The van der Waals surface area contributed by atoms with Crippen LogP contribution in [0.15, 0.2) is 0 Å². The van der Waals surface area contributed by atoms with Crippen molar-refractivity contribution in [2.75, 3.05) is 52.4 Å². The molecule has 1 saturated heterocycles. The first-order valence-electron chi connectivity index (χ1n) is 7.72. The van der Waals surface area contributed by atoms with Crippen LogP contribution in [0.3, 0.4) is 0 Å². The van der Waals surface area contributed by atoms with Gasteiger partial charge in [0.1, 0.15) is 18.3 Å². The van der Waals surface area contributed by atoms with Crippen LogP contribution in [0.4, 0.5) is 0 Å². The summed E-state index contributed by atoms with van der Waals surface area (Å²) in [4.78, 5) is 16.0. The molecule has 9 heteroatoms. The van der Waals surface area contributed by atoms with Gasteiger partial charge in [0.15, 0.2) is 0 Å². The van der Waals surface area contributed by atoms with E-state index >= 15 is 0 Å². The summed E-state index contributed by atoms with van der Waals surface area (Å²) in [5, 5.41) is 49.2. The molecule has 1 radical (unpaired) electrons. The second-order valence-corrected chi connectivity index (χ2v) is 5.72. The number of hydrogen-bond donors (Lipinski definition) is 6. The zero-order chi connectivity index (χ0) is 17.4. The second-order valence-electron chi connectivity index (χ2n) is 5.72. The summed E-state index contributed by atoms with van der Waals surface area (Å²) >= 11 is 0. The maximum atomic E-state index is 11.8. The molecule has 0 aromatic heterocycles. The molecule has 135 valence electrons. The lowest BCUT2D eigenvalue weighted by molar-refractivity contribution is -0.127. The fraction of sp³-hybridized carbons (Fsp3) is 0.857. The number of carbonyl (C=O) groups is 1. The third-order valence-corrected chi connectivity index (χ3v) is 3.98. The van der Waals surface area contributed by atoms with Gasteiger partial charge in [0.25, 0.3) is 0 Å². The van der Waals surface area contributed by atoms with E-state index in [-0.39, 0.29) is 19.0 Å². The van der Waals surface area contributed by atoms with Crippen molar-refractivity contribution in [1.29, 1.82) is 0 Å². The fourth-order valence-corrected chi connectivity index (χ4v) is 2.33. The molecule has 0 aliphatic carbocycles. The van der Waals surface area contributed by atoms with E-state index in [1.54, 1.807) is 0 Å². The van der Waals surface area contributed by atoms with Crippen LogP contribution in [0, 0.1) is 6.92 Å². The Morgan fingerprint density at radius 1 is 1.00 bits per heavy atom. The molecule has 0 saturated carbocycles. The van der Waals surface area contributed by atoms with Crippen LogP contribution in [0.5, 0.6) is 0 Å². The van der Waals surface area contributed by atoms with Crippen molar-refractivity contribution in [3.8, 4) is 0 Å². The molecule has 4 atom stereocenters. The number of rotatable bonds is 9. The molecular weight excluding hydrogens is 306 g/mol. The Balaban J connectivity index is 2.27. The number of nitrogens with one attached hydrogen (secondary N) is 1. The first-order valence-corrected chi connectivity index (χ1v) is 7.72. The van der Waals surface area contributed by atoms with E-state index in [2.05, 4.69) is 17.1 Å². The van der Waals surface area contributed by atoms with E-state index in [9.17, 15) is 25.2 Å². The van der Waals surface area contributed by atoms with Gasteiger partial charge < -0.3 is 35.7 Å². The smallest absolute Gasteiger partial charge is 0.234 e. The van der Waals surface area contributed by atoms with Crippen LogP contribution in [0.2, 0.25) is 0 Å². The van der Waals surface area contributed by atoms with Crippen molar-refractivity contribution in [3.63, 3.8) is 0 Å². The van der Waals surface area contributed by atoms with Gasteiger partial charge >= 0.3 is 0 Å². The van der Waals surface area contributed by atoms with Gasteiger partial charge in [-0.3, -0.25) is 9.69 Å². The SMILES string of the molecule is [CH2]CN1CCN(CC(=O)NC[C@H](O)[C@@H](O)[C@H](O)[C@H](O)CO)CC1. The predicted molar refractivity (Wildman–Crippen MR) is 82.4 cm³/mol. The Morgan fingerprint density at radius 3 is 2.04 bits per heavy atom. The zero-order valence-corrected chi connectivity index (χ0v) is 13.2. The predicted octanol–water partition coefficient (Wildman–Crippen LogP) is -4.01. The Bertz CT molecular complexity index is 351. The number of piperazine rings is 1. The minimum Gasteiger partial charge on any atom is -0.394 e. The molecule has 23 heavy (non-hydrogen) atoms. The number of carbonyl (C=O) groups excluding carboxylic acids is 1. The van der Waals surface area contributed by atoms with E-state index in [1.807, 2.05) is 4.90 Å². The highest BCUT2D eigenvalue weighted by atomic mass is 16.4. The third kappa shape index (κ3) is 6.68. The summed E-state index contributed by atoms with van der Waals surface area (Å²) in [6.07, 6.45) is -6.36. The molecule has 0 unspecified atom stereocenters. The number of hydrogen-bond acceptors (Lipinski definition) is 8. The van der Waals surface area contributed by atoms with Crippen LogP contribution in [-0.4, -0.2) is 118 Å². The van der Waals surface area contributed by atoms with Crippen molar-refractivity contribution >= 4 is 5.91 Å². The third-order valence-electron chi connectivity index (χ3n) is 3.98.